The Morgan fingerprint density at radius 2 is 1.86 bits per heavy atom. The quantitative estimate of drug-likeness (QED) is 0.502. The lowest BCUT2D eigenvalue weighted by atomic mass is 10.2. The monoisotopic (exact) mass is 359 g/mol. The number of hydrazone groups is 1. The number of benzene rings is 2. The van der Waals surface area contributed by atoms with Gasteiger partial charge in [-0.1, -0.05) is 46.3 Å². The molecule has 0 spiro atoms. The Balaban J connectivity index is 1.92. The second-order valence-electron chi connectivity index (χ2n) is 4.52. The highest BCUT2D eigenvalue weighted by atomic mass is 79.9. The Kier molecular flexibility index (Phi) is 5.43. The number of aryl methyl sites for hydroxylation is 1. The number of hydrogen-bond acceptors (Lipinski definition) is 3. The molecule has 0 heterocycles. The minimum atomic E-state index is -0.825. The molecule has 0 radical (unpaired) electrons. The van der Waals surface area contributed by atoms with E-state index in [1.165, 1.54) is 6.21 Å². The van der Waals surface area contributed by atoms with Crippen LogP contribution in [0.4, 0.5) is 5.69 Å². The van der Waals surface area contributed by atoms with Crippen LogP contribution in [0.3, 0.4) is 0 Å². The number of nitrogens with one attached hydrogen (secondary N) is 2. The first-order valence-electron chi connectivity index (χ1n) is 6.52. The first-order valence-corrected chi connectivity index (χ1v) is 7.31. The van der Waals surface area contributed by atoms with E-state index in [0.717, 1.165) is 15.6 Å². The molecule has 0 saturated carbocycles. The maximum Gasteiger partial charge on any atom is 0.329 e. The van der Waals surface area contributed by atoms with E-state index in [2.05, 4.69) is 31.8 Å². The molecular weight excluding hydrogens is 346 g/mol. The molecule has 6 heteroatoms. The summed E-state index contributed by atoms with van der Waals surface area (Å²) in [5.41, 5.74) is 4.47. The highest BCUT2D eigenvalue weighted by molar-refractivity contribution is 9.10. The Hall–Kier alpha value is -2.47. The van der Waals surface area contributed by atoms with Gasteiger partial charge >= 0.3 is 11.8 Å². The zero-order chi connectivity index (χ0) is 15.9. The summed E-state index contributed by atoms with van der Waals surface area (Å²) < 4.78 is 0.903. The SMILES string of the molecule is Cc1ccccc1NC(=O)C(=O)N/N=C/c1cccc(Br)c1. The van der Waals surface area contributed by atoms with Gasteiger partial charge in [-0.25, -0.2) is 5.43 Å². The van der Waals surface area contributed by atoms with Gasteiger partial charge in [-0.05, 0) is 36.2 Å². The fourth-order valence-electron chi connectivity index (χ4n) is 1.70. The molecule has 0 atom stereocenters. The maximum absolute atomic E-state index is 11.8. The molecule has 112 valence electrons. The summed E-state index contributed by atoms with van der Waals surface area (Å²) in [4.78, 5) is 23.4. The van der Waals surface area contributed by atoms with Gasteiger partial charge in [0.25, 0.3) is 0 Å². The van der Waals surface area contributed by atoms with Crippen LogP contribution in [0.5, 0.6) is 0 Å². The lowest BCUT2D eigenvalue weighted by Crippen LogP contribution is -2.32. The van der Waals surface area contributed by atoms with Crippen molar-refractivity contribution in [1.29, 1.82) is 0 Å². The number of anilines is 1. The van der Waals surface area contributed by atoms with E-state index in [-0.39, 0.29) is 0 Å². The number of amides is 2. The van der Waals surface area contributed by atoms with Crippen LogP contribution in [0.15, 0.2) is 58.1 Å². The normalized spacial score (nSPS) is 10.5. The van der Waals surface area contributed by atoms with E-state index in [1.807, 2.05) is 43.3 Å². The van der Waals surface area contributed by atoms with Crippen molar-refractivity contribution in [1.82, 2.24) is 5.43 Å². The molecule has 2 amide bonds. The van der Waals surface area contributed by atoms with Crippen LogP contribution in [0.25, 0.3) is 0 Å². The highest BCUT2D eigenvalue weighted by Crippen LogP contribution is 2.12. The zero-order valence-electron chi connectivity index (χ0n) is 11.8. The van der Waals surface area contributed by atoms with E-state index >= 15 is 0 Å². The smallest absolute Gasteiger partial charge is 0.317 e. The lowest BCUT2D eigenvalue weighted by Gasteiger charge is -2.06. The molecule has 0 aliphatic carbocycles. The lowest BCUT2D eigenvalue weighted by molar-refractivity contribution is -0.136. The fraction of sp³-hybridized carbons (Fsp3) is 0.0625. The van der Waals surface area contributed by atoms with Crippen LogP contribution in [-0.2, 0) is 9.59 Å². The molecule has 22 heavy (non-hydrogen) atoms. The van der Waals surface area contributed by atoms with Gasteiger partial charge < -0.3 is 5.32 Å². The molecule has 0 fully saturated rings. The van der Waals surface area contributed by atoms with Crippen LogP contribution >= 0.6 is 15.9 Å². The van der Waals surface area contributed by atoms with Gasteiger partial charge in [0, 0.05) is 10.2 Å². The van der Waals surface area contributed by atoms with Gasteiger partial charge in [-0.3, -0.25) is 9.59 Å². The number of para-hydroxylation sites is 1. The number of nitrogens with zero attached hydrogens (tertiary/aromatic N) is 1. The van der Waals surface area contributed by atoms with Crippen molar-refractivity contribution in [2.75, 3.05) is 5.32 Å². The fourth-order valence-corrected chi connectivity index (χ4v) is 2.11. The van der Waals surface area contributed by atoms with E-state index < -0.39 is 11.8 Å². The summed E-state index contributed by atoms with van der Waals surface area (Å²) in [6.07, 6.45) is 1.46. The van der Waals surface area contributed by atoms with Crippen LogP contribution in [0, 0.1) is 6.92 Å². The van der Waals surface area contributed by atoms with Gasteiger partial charge in [0.1, 0.15) is 0 Å². The zero-order valence-corrected chi connectivity index (χ0v) is 13.4. The third-order valence-electron chi connectivity index (χ3n) is 2.83. The first kappa shape index (κ1) is 15.9. The van der Waals surface area contributed by atoms with Gasteiger partial charge in [-0.15, -0.1) is 0 Å². The Morgan fingerprint density at radius 1 is 1.09 bits per heavy atom. The highest BCUT2D eigenvalue weighted by Gasteiger charge is 2.13. The van der Waals surface area contributed by atoms with Crippen LogP contribution in [0.1, 0.15) is 11.1 Å². The third-order valence-corrected chi connectivity index (χ3v) is 3.32. The van der Waals surface area contributed by atoms with Crippen molar-refractivity contribution in [2.45, 2.75) is 6.92 Å². The molecule has 2 aromatic rings. The molecule has 0 bridgehead atoms. The predicted molar refractivity (Wildman–Crippen MR) is 89.7 cm³/mol. The van der Waals surface area contributed by atoms with Gasteiger partial charge in [0.05, 0.1) is 6.21 Å². The number of carbonyl (C=O) groups excluding carboxylic acids is 2. The number of rotatable bonds is 3. The van der Waals surface area contributed by atoms with Gasteiger partial charge in [0.2, 0.25) is 0 Å². The molecule has 2 aromatic carbocycles. The topological polar surface area (TPSA) is 70.6 Å². The van der Waals surface area contributed by atoms with E-state index in [9.17, 15) is 9.59 Å². The minimum Gasteiger partial charge on any atom is -0.317 e. The minimum absolute atomic E-state index is 0.596. The molecule has 2 rings (SSSR count). The van der Waals surface area contributed by atoms with E-state index in [4.69, 9.17) is 0 Å². The summed E-state index contributed by atoms with van der Waals surface area (Å²) >= 11 is 3.34. The molecule has 0 aromatic heterocycles. The Morgan fingerprint density at radius 3 is 2.59 bits per heavy atom. The van der Waals surface area contributed by atoms with Crippen molar-refractivity contribution in [3.63, 3.8) is 0 Å². The molecule has 0 aliphatic rings. The van der Waals surface area contributed by atoms with Crippen molar-refractivity contribution >= 4 is 39.6 Å². The van der Waals surface area contributed by atoms with Crippen molar-refractivity contribution in [2.24, 2.45) is 5.10 Å². The van der Waals surface area contributed by atoms with Crippen molar-refractivity contribution < 1.29 is 9.59 Å². The second-order valence-corrected chi connectivity index (χ2v) is 5.44. The summed E-state index contributed by atoms with van der Waals surface area (Å²) in [6.45, 7) is 1.85. The van der Waals surface area contributed by atoms with Crippen LogP contribution in [0.2, 0.25) is 0 Å². The maximum atomic E-state index is 11.8. The first-order chi connectivity index (χ1) is 10.6. The van der Waals surface area contributed by atoms with Crippen LogP contribution < -0.4 is 10.7 Å². The molecular formula is C16H14BrN3O2. The largest absolute Gasteiger partial charge is 0.329 e. The van der Waals surface area contributed by atoms with E-state index in [1.54, 1.807) is 12.1 Å². The molecule has 0 unspecified atom stereocenters. The number of hydrogen-bond donors (Lipinski definition) is 2. The molecule has 0 aliphatic heterocycles. The van der Waals surface area contributed by atoms with Crippen molar-refractivity contribution in [3.05, 3.63) is 64.1 Å². The van der Waals surface area contributed by atoms with Crippen molar-refractivity contribution in [3.8, 4) is 0 Å². The molecule has 2 N–H and O–H groups in total. The summed E-state index contributed by atoms with van der Waals surface area (Å²) in [7, 11) is 0. The predicted octanol–water partition coefficient (Wildman–Crippen LogP) is 2.85. The Labute approximate surface area is 136 Å². The Bertz CT molecular complexity index is 729. The number of carbonyl (C=O) groups is 2. The second kappa shape index (κ2) is 7.51. The van der Waals surface area contributed by atoms with Gasteiger partial charge in [-0.2, -0.15) is 5.10 Å². The molecule has 5 nitrogen and oxygen atoms in total. The average molecular weight is 360 g/mol. The molecule has 0 saturated heterocycles. The third kappa shape index (κ3) is 4.53. The van der Waals surface area contributed by atoms with E-state index in [0.29, 0.717) is 5.69 Å². The average Bonchev–Trinajstić information content (AvgIpc) is 2.49. The summed E-state index contributed by atoms with van der Waals surface area (Å²) in [5.74, 6) is -1.59. The summed E-state index contributed by atoms with van der Waals surface area (Å²) in [6, 6.07) is 14.6. The van der Waals surface area contributed by atoms with Crippen LogP contribution in [-0.4, -0.2) is 18.0 Å². The van der Waals surface area contributed by atoms with Gasteiger partial charge in [0.15, 0.2) is 0 Å². The summed E-state index contributed by atoms with van der Waals surface area (Å²) in [5, 5.41) is 6.30. The standard InChI is InChI=1S/C16H14BrN3O2/c1-11-5-2-3-8-14(11)19-15(21)16(22)20-18-10-12-6-4-7-13(17)9-12/h2-10H,1H3,(H,19,21)(H,20,22)/b18-10+. The number of halogens is 1.